The molecule has 0 saturated heterocycles. The number of carbonyl (C=O) groups is 1. The van der Waals surface area contributed by atoms with Crippen molar-refractivity contribution in [2.75, 3.05) is 26.7 Å². The standard InChI is InChI=1S/C37H43FN4O2S/c1-5-41(6-2)23-22-34(36(44)40(4)24-27-12-18-30(19-13-27)29-16-10-26(3)11-17-29)42-33-9-7-8-32(33)35(43)39-37(42)45-25-28-14-20-31(38)21-15-28/h10-21,34H,5-9,22-25H2,1-4H3. The van der Waals surface area contributed by atoms with Gasteiger partial charge in [0, 0.05) is 37.1 Å². The largest absolute Gasteiger partial charge is 0.340 e. The van der Waals surface area contributed by atoms with E-state index in [1.165, 1.54) is 35.0 Å². The molecule has 1 atom stereocenters. The van der Waals surface area contributed by atoms with Crippen molar-refractivity contribution in [3.8, 4) is 11.1 Å². The van der Waals surface area contributed by atoms with Gasteiger partial charge in [0.05, 0.1) is 0 Å². The Morgan fingerprint density at radius 2 is 1.56 bits per heavy atom. The molecular formula is C37H43FN4O2S. The zero-order chi connectivity index (χ0) is 31.9. The van der Waals surface area contributed by atoms with E-state index < -0.39 is 6.04 Å². The summed E-state index contributed by atoms with van der Waals surface area (Å²) in [5, 5.41) is 0.554. The highest BCUT2D eigenvalue weighted by Gasteiger charge is 2.32. The second kappa shape index (κ2) is 15.0. The summed E-state index contributed by atoms with van der Waals surface area (Å²) in [6.07, 6.45) is 2.91. The Morgan fingerprint density at radius 1 is 0.933 bits per heavy atom. The third-order valence-corrected chi connectivity index (χ3v) is 9.79. The van der Waals surface area contributed by atoms with E-state index in [1.807, 2.05) is 11.9 Å². The van der Waals surface area contributed by atoms with Gasteiger partial charge < -0.3 is 14.4 Å². The quantitative estimate of drug-likeness (QED) is 0.117. The van der Waals surface area contributed by atoms with E-state index >= 15 is 0 Å². The lowest BCUT2D eigenvalue weighted by Gasteiger charge is -2.31. The number of rotatable bonds is 13. The van der Waals surface area contributed by atoms with Crippen LogP contribution in [-0.4, -0.2) is 51.9 Å². The number of fused-ring (bicyclic) bond motifs is 1. The van der Waals surface area contributed by atoms with Crippen LogP contribution in [0, 0.1) is 12.7 Å². The van der Waals surface area contributed by atoms with E-state index in [1.54, 1.807) is 12.1 Å². The monoisotopic (exact) mass is 626 g/mol. The summed E-state index contributed by atoms with van der Waals surface area (Å²) in [7, 11) is 1.86. The molecule has 5 rings (SSSR count). The first-order valence-electron chi connectivity index (χ1n) is 15.9. The number of aryl methyl sites for hydroxylation is 1. The Balaban J connectivity index is 1.44. The van der Waals surface area contributed by atoms with E-state index in [2.05, 4.69) is 83.8 Å². The van der Waals surface area contributed by atoms with Gasteiger partial charge in [-0.3, -0.25) is 9.59 Å². The van der Waals surface area contributed by atoms with Crippen molar-refractivity contribution in [1.82, 2.24) is 19.4 Å². The van der Waals surface area contributed by atoms with Gasteiger partial charge in [-0.05, 0) is 80.1 Å². The van der Waals surface area contributed by atoms with Crippen molar-refractivity contribution in [3.63, 3.8) is 0 Å². The minimum Gasteiger partial charge on any atom is -0.340 e. The van der Waals surface area contributed by atoms with Crippen molar-refractivity contribution < 1.29 is 9.18 Å². The molecule has 0 spiro atoms. The Hall–Kier alpha value is -3.75. The predicted octanol–water partition coefficient (Wildman–Crippen LogP) is 7.07. The first kappa shape index (κ1) is 32.6. The molecule has 1 aliphatic rings. The molecule has 1 amide bonds. The molecule has 1 aliphatic carbocycles. The van der Waals surface area contributed by atoms with Crippen LogP contribution in [0.25, 0.3) is 11.1 Å². The summed E-state index contributed by atoms with van der Waals surface area (Å²) < 4.78 is 15.6. The first-order chi connectivity index (χ1) is 21.8. The van der Waals surface area contributed by atoms with Crippen LogP contribution in [0.2, 0.25) is 0 Å². The van der Waals surface area contributed by atoms with Crippen LogP contribution < -0.4 is 5.56 Å². The molecule has 236 valence electrons. The van der Waals surface area contributed by atoms with Gasteiger partial charge >= 0.3 is 0 Å². The number of thioether (sulfide) groups is 1. The van der Waals surface area contributed by atoms with E-state index in [9.17, 15) is 14.0 Å². The second-order valence-electron chi connectivity index (χ2n) is 11.9. The van der Waals surface area contributed by atoms with Gasteiger partial charge in [-0.25, -0.2) is 4.39 Å². The van der Waals surface area contributed by atoms with Crippen LogP contribution >= 0.6 is 11.8 Å². The normalized spacial score (nSPS) is 13.2. The maximum atomic E-state index is 14.4. The number of nitrogens with zero attached hydrogens (tertiary/aromatic N) is 4. The molecule has 0 N–H and O–H groups in total. The summed E-state index contributed by atoms with van der Waals surface area (Å²) in [5.74, 6) is 0.241. The third kappa shape index (κ3) is 7.92. The number of aromatic nitrogens is 2. The molecule has 1 heterocycles. The number of benzene rings is 3. The Bertz CT molecular complexity index is 1650. The molecule has 6 nitrogen and oxygen atoms in total. The zero-order valence-electron chi connectivity index (χ0n) is 26.8. The molecule has 1 unspecified atom stereocenters. The molecule has 0 bridgehead atoms. The maximum absolute atomic E-state index is 14.4. The molecule has 0 saturated carbocycles. The van der Waals surface area contributed by atoms with Crippen molar-refractivity contribution in [3.05, 3.63) is 117 Å². The fourth-order valence-corrected chi connectivity index (χ4v) is 7.07. The molecule has 0 radical (unpaired) electrons. The lowest BCUT2D eigenvalue weighted by atomic mass is 10.0. The molecule has 0 fully saturated rings. The molecule has 4 aromatic rings. The highest BCUT2D eigenvalue weighted by Crippen LogP contribution is 2.32. The molecule has 0 aliphatic heterocycles. The zero-order valence-corrected chi connectivity index (χ0v) is 27.6. The number of carbonyl (C=O) groups excluding carboxylic acids is 1. The minimum atomic E-state index is -0.502. The Kier molecular flexibility index (Phi) is 10.9. The third-order valence-electron chi connectivity index (χ3n) is 8.77. The van der Waals surface area contributed by atoms with Gasteiger partial charge in [0.1, 0.15) is 11.9 Å². The van der Waals surface area contributed by atoms with E-state index in [-0.39, 0.29) is 17.3 Å². The van der Waals surface area contributed by atoms with E-state index in [4.69, 9.17) is 0 Å². The number of halogens is 1. The lowest BCUT2D eigenvalue weighted by molar-refractivity contribution is -0.134. The van der Waals surface area contributed by atoms with Crippen molar-refractivity contribution in [2.45, 2.75) is 70.0 Å². The Labute approximate surface area is 270 Å². The smallest absolute Gasteiger partial charge is 0.277 e. The van der Waals surface area contributed by atoms with Crippen molar-refractivity contribution in [2.24, 2.45) is 0 Å². The average Bonchev–Trinajstić information content (AvgIpc) is 3.55. The summed E-state index contributed by atoms with van der Waals surface area (Å²) in [6.45, 7) is 9.37. The number of hydrogen-bond donors (Lipinski definition) is 0. The van der Waals surface area contributed by atoms with Crippen molar-refractivity contribution >= 4 is 17.7 Å². The van der Waals surface area contributed by atoms with Gasteiger partial charge in [-0.1, -0.05) is 91.8 Å². The summed E-state index contributed by atoms with van der Waals surface area (Å²) in [6, 6.07) is 22.8. The predicted molar refractivity (Wildman–Crippen MR) is 181 cm³/mol. The first-order valence-corrected chi connectivity index (χ1v) is 16.9. The van der Waals surface area contributed by atoms with Gasteiger partial charge in [0.2, 0.25) is 5.91 Å². The molecule has 45 heavy (non-hydrogen) atoms. The second-order valence-corrected chi connectivity index (χ2v) is 12.8. The van der Waals surface area contributed by atoms with Crippen LogP contribution in [0.15, 0.2) is 82.7 Å². The molecule has 8 heteroatoms. The van der Waals surface area contributed by atoms with Crippen LogP contribution in [-0.2, 0) is 29.9 Å². The van der Waals surface area contributed by atoms with E-state index in [0.29, 0.717) is 30.3 Å². The number of likely N-dealkylation sites (N-methyl/N-ethyl adjacent to an activating group) is 1. The average molecular weight is 627 g/mol. The molecule has 3 aromatic carbocycles. The van der Waals surface area contributed by atoms with Crippen LogP contribution in [0.1, 0.15) is 60.7 Å². The van der Waals surface area contributed by atoms with Gasteiger partial charge in [-0.2, -0.15) is 4.98 Å². The Morgan fingerprint density at radius 3 is 2.20 bits per heavy atom. The molecular weight excluding hydrogens is 583 g/mol. The lowest BCUT2D eigenvalue weighted by Crippen LogP contribution is -2.39. The van der Waals surface area contributed by atoms with E-state index in [0.717, 1.165) is 60.4 Å². The van der Waals surface area contributed by atoms with Gasteiger partial charge in [0.15, 0.2) is 5.16 Å². The van der Waals surface area contributed by atoms with Crippen LogP contribution in [0.5, 0.6) is 0 Å². The van der Waals surface area contributed by atoms with Crippen LogP contribution in [0.4, 0.5) is 4.39 Å². The summed E-state index contributed by atoms with van der Waals surface area (Å²) in [4.78, 5) is 36.2. The van der Waals surface area contributed by atoms with Gasteiger partial charge in [0.25, 0.3) is 5.56 Å². The highest BCUT2D eigenvalue weighted by molar-refractivity contribution is 7.98. The summed E-state index contributed by atoms with van der Waals surface area (Å²) >= 11 is 1.44. The minimum absolute atomic E-state index is 0.00736. The SMILES string of the molecule is CCN(CC)CCC(C(=O)N(C)Cc1ccc(-c2ccc(C)cc2)cc1)n1c(SCc2ccc(F)cc2)nc(=O)c2c1CCC2. The molecule has 1 aromatic heterocycles. The fraction of sp³-hybridized carbons (Fsp3) is 0.378. The van der Waals surface area contributed by atoms with Crippen LogP contribution in [0.3, 0.4) is 0 Å². The number of hydrogen-bond acceptors (Lipinski definition) is 5. The van der Waals surface area contributed by atoms with Crippen molar-refractivity contribution in [1.29, 1.82) is 0 Å². The highest BCUT2D eigenvalue weighted by atomic mass is 32.2. The number of amides is 1. The maximum Gasteiger partial charge on any atom is 0.277 e. The fourth-order valence-electron chi connectivity index (χ4n) is 6.06. The summed E-state index contributed by atoms with van der Waals surface area (Å²) in [5.41, 5.74) is 6.99. The topological polar surface area (TPSA) is 58.4 Å². The van der Waals surface area contributed by atoms with Gasteiger partial charge in [-0.15, -0.1) is 0 Å².